The lowest BCUT2D eigenvalue weighted by molar-refractivity contribution is -0.134. The zero-order chi connectivity index (χ0) is 23.9. The molecule has 34 heavy (non-hydrogen) atoms. The van der Waals surface area contributed by atoms with Crippen molar-refractivity contribution in [3.05, 3.63) is 101 Å². The van der Waals surface area contributed by atoms with Crippen LogP contribution in [0.2, 0.25) is 0 Å². The molecule has 1 atom stereocenters. The number of hydrogen-bond donors (Lipinski definition) is 2. The van der Waals surface area contributed by atoms with Crippen LogP contribution in [0, 0.1) is 0 Å². The van der Waals surface area contributed by atoms with Crippen molar-refractivity contribution in [1.82, 2.24) is 15.1 Å². The normalized spacial score (nSPS) is 15.1. The van der Waals surface area contributed by atoms with Gasteiger partial charge in [-0.25, -0.2) is 4.79 Å². The van der Waals surface area contributed by atoms with Crippen molar-refractivity contribution >= 4 is 33.6 Å². The SMILES string of the molecule is CC(NC(=O)Nc1ccccc1Br)C(=O)N1CCN(C(c2ccccc2)c2ccccc2)CC1. The Morgan fingerprint density at radius 1 is 0.794 bits per heavy atom. The number of rotatable bonds is 6. The Bertz CT molecular complexity index is 1060. The summed E-state index contributed by atoms with van der Waals surface area (Å²) >= 11 is 3.41. The van der Waals surface area contributed by atoms with Crippen molar-refractivity contribution in [3.63, 3.8) is 0 Å². The molecule has 4 rings (SSSR count). The Labute approximate surface area is 209 Å². The van der Waals surface area contributed by atoms with Gasteiger partial charge in [0.05, 0.1) is 11.7 Å². The number of carbonyl (C=O) groups is 2. The highest BCUT2D eigenvalue weighted by molar-refractivity contribution is 9.10. The first-order valence-corrected chi connectivity index (χ1v) is 12.3. The van der Waals surface area contributed by atoms with Crippen LogP contribution in [0.5, 0.6) is 0 Å². The van der Waals surface area contributed by atoms with Gasteiger partial charge in [0.1, 0.15) is 6.04 Å². The van der Waals surface area contributed by atoms with Crippen LogP contribution >= 0.6 is 15.9 Å². The van der Waals surface area contributed by atoms with E-state index >= 15 is 0 Å². The Morgan fingerprint density at radius 3 is 1.88 bits per heavy atom. The Morgan fingerprint density at radius 2 is 1.32 bits per heavy atom. The van der Waals surface area contributed by atoms with E-state index in [1.54, 1.807) is 13.0 Å². The topological polar surface area (TPSA) is 64.7 Å². The van der Waals surface area contributed by atoms with Gasteiger partial charge in [0.2, 0.25) is 5.91 Å². The lowest BCUT2D eigenvalue weighted by Gasteiger charge is -2.40. The molecule has 0 spiro atoms. The summed E-state index contributed by atoms with van der Waals surface area (Å²) in [6.45, 7) is 4.48. The number of nitrogens with zero attached hydrogens (tertiary/aromatic N) is 2. The summed E-state index contributed by atoms with van der Waals surface area (Å²) in [4.78, 5) is 29.7. The van der Waals surface area contributed by atoms with E-state index in [2.05, 4.69) is 80.0 Å². The summed E-state index contributed by atoms with van der Waals surface area (Å²) in [5.41, 5.74) is 3.14. The highest BCUT2D eigenvalue weighted by Crippen LogP contribution is 2.29. The monoisotopic (exact) mass is 520 g/mol. The smallest absolute Gasteiger partial charge is 0.319 e. The molecule has 0 saturated carbocycles. The molecule has 1 aliphatic rings. The minimum Gasteiger partial charge on any atom is -0.338 e. The predicted octanol–water partition coefficient (Wildman–Crippen LogP) is 4.89. The van der Waals surface area contributed by atoms with E-state index in [0.717, 1.165) is 17.6 Å². The molecule has 1 fully saturated rings. The summed E-state index contributed by atoms with van der Waals surface area (Å²) in [5.74, 6) is -0.0714. The van der Waals surface area contributed by atoms with Crippen LogP contribution in [-0.4, -0.2) is 54.0 Å². The van der Waals surface area contributed by atoms with Gasteiger partial charge in [-0.05, 0) is 46.1 Å². The summed E-state index contributed by atoms with van der Waals surface area (Å²) in [7, 11) is 0. The van der Waals surface area contributed by atoms with Gasteiger partial charge in [-0.1, -0.05) is 72.8 Å². The minimum absolute atomic E-state index is 0.0714. The zero-order valence-corrected chi connectivity index (χ0v) is 20.7. The van der Waals surface area contributed by atoms with E-state index in [0.29, 0.717) is 18.8 Å². The number of piperazine rings is 1. The molecule has 0 radical (unpaired) electrons. The van der Waals surface area contributed by atoms with Gasteiger partial charge < -0.3 is 15.5 Å². The predicted molar refractivity (Wildman–Crippen MR) is 139 cm³/mol. The molecule has 1 saturated heterocycles. The van der Waals surface area contributed by atoms with Gasteiger partial charge in [-0.3, -0.25) is 9.69 Å². The fourth-order valence-corrected chi connectivity index (χ4v) is 4.72. The fraction of sp³-hybridized carbons (Fsp3) is 0.259. The van der Waals surface area contributed by atoms with E-state index < -0.39 is 12.1 Å². The second-order valence-corrected chi connectivity index (χ2v) is 9.24. The van der Waals surface area contributed by atoms with Crippen molar-refractivity contribution in [2.75, 3.05) is 31.5 Å². The molecular formula is C27H29BrN4O2. The maximum absolute atomic E-state index is 13.0. The number of amides is 3. The second kappa shape index (κ2) is 11.3. The van der Waals surface area contributed by atoms with Crippen LogP contribution in [0.1, 0.15) is 24.1 Å². The molecule has 2 N–H and O–H groups in total. The molecule has 0 bridgehead atoms. The maximum Gasteiger partial charge on any atom is 0.319 e. The lowest BCUT2D eigenvalue weighted by atomic mass is 9.96. The highest BCUT2D eigenvalue weighted by atomic mass is 79.9. The van der Waals surface area contributed by atoms with E-state index in [9.17, 15) is 9.59 Å². The average molecular weight is 521 g/mol. The van der Waals surface area contributed by atoms with Gasteiger partial charge in [0.15, 0.2) is 0 Å². The van der Waals surface area contributed by atoms with Crippen molar-refractivity contribution in [2.45, 2.75) is 19.0 Å². The molecule has 0 aliphatic carbocycles. The van der Waals surface area contributed by atoms with Gasteiger partial charge >= 0.3 is 6.03 Å². The Balaban J connectivity index is 1.36. The Kier molecular flexibility index (Phi) is 7.98. The van der Waals surface area contributed by atoms with E-state index in [1.807, 2.05) is 35.2 Å². The lowest BCUT2D eigenvalue weighted by Crippen LogP contribution is -2.55. The van der Waals surface area contributed by atoms with Gasteiger partial charge in [-0.15, -0.1) is 0 Å². The summed E-state index contributed by atoms with van der Waals surface area (Å²) in [6, 6.07) is 27.4. The largest absolute Gasteiger partial charge is 0.338 e. The number of carbonyl (C=O) groups excluding carboxylic acids is 2. The maximum atomic E-state index is 13.0. The first kappa shape index (κ1) is 24.0. The number of benzene rings is 3. The molecule has 6 nitrogen and oxygen atoms in total. The molecular weight excluding hydrogens is 492 g/mol. The van der Waals surface area contributed by atoms with Crippen LogP contribution in [-0.2, 0) is 4.79 Å². The van der Waals surface area contributed by atoms with Gasteiger partial charge in [-0.2, -0.15) is 0 Å². The van der Waals surface area contributed by atoms with Gasteiger partial charge in [0.25, 0.3) is 0 Å². The standard InChI is InChI=1S/C27H29BrN4O2/c1-20(29-27(34)30-24-15-9-8-14-23(24)28)26(33)32-18-16-31(17-19-32)25(21-10-4-2-5-11-21)22-12-6-3-7-13-22/h2-15,20,25H,16-19H2,1H3,(H2,29,30,34). The van der Waals surface area contributed by atoms with Crippen molar-refractivity contribution < 1.29 is 9.59 Å². The van der Waals surface area contributed by atoms with Gasteiger partial charge in [0, 0.05) is 30.7 Å². The highest BCUT2D eigenvalue weighted by Gasteiger charge is 2.30. The second-order valence-electron chi connectivity index (χ2n) is 8.39. The van der Waals surface area contributed by atoms with E-state index in [-0.39, 0.29) is 11.9 Å². The molecule has 3 amide bonds. The van der Waals surface area contributed by atoms with E-state index in [1.165, 1.54) is 11.1 Å². The third-order valence-electron chi connectivity index (χ3n) is 6.06. The summed E-state index contributed by atoms with van der Waals surface area (Å²) < 4.78 is 0.784. The van der Waals surface area contributed by atoms with Crippen molar-refractivity contribution in [3.8, 4) is 0 Å². The van der Waals surface area contributed by atoms with Crippen LogP contribution in [0.3, 0.4) is 0 Å². The average Bonchev–Trinajstić information content (AvgIpc) is 2.87. The number of anilines is 1. The number of halogens is 1. The fourth-order valence-electron chi connectivity index (χ4n) is 4.34. The van der Waals surface area contributed by atoms with Crippen LogP contribution < -0.4 is 10.6 Å². The first-order chi connectivity index (χ1) is 16.5. The van der Waals surface area contributed by atoms with Crippen LogP contribution in [0.25, 0.3) is 0 Å². The molecule has 7 heteroatoms. The van der Waals surface area contributed by atoms with E-state index in [4.69, 9.17) is 0 Å². The number of nitrogens with one attached hydrogen (secondary N) is 2. The van der Waals surface area contributed by atoms with Crippen molar-refractivity contribution in [2.24, 2.45) is 0 Å². The quantitative estimate of drug-likeness (QED) is 0.486. The summed E-state index contributed by atoms with van der Waals surface area (Å²) in [6.07, 6.45) is 0. The molecule has 0 aromatic heterocycles. The third-order valence-corrected chi connectivity index (χ3v) is 6.75. The summed E-state index contributed by atoms with van der Waals surface area (Å²) in [5, 5.41) is 5.54. The first-order valence-electron chi connectivity index (χ1n) is 11.5. The van der Waals surface area contributed by atoms with Crippen LogP contribution in [0.4, 0.5) is 10.5 Å². The number of urea groups is 1. The number of hydrogen-bond acceptors (Lipinski definition) is 3. The zero-order valence-electron chi connectivity index (χ0n) is 19.2. The third kappa shape index (κ3) is 5.85. The minimum atomic E-state index is -0.618. The number of para-hydroxylation sites is 1. The molecule has 1 heterocycles. The molecule has 1 aliphatic heterocycles. The molecule has 3 aromatic carbocycles. The van der Waals surface area contributed by atoms with Crippen molar-refractivity contribution in [1.29, 1.82) is 0 Å². The molecule has 1 unspecified atom stereocenters. The molecule has 3 aromatic rings. The molecule has 176 valence electrons. The van der Waals surface area contributed by atoms with Crippen LogP contribution in [0.15, 0.2) is 89.4 Å². The Hall–Kier alpha value is -3.16.